The molecule has 0 N–H and O–H groups in total. The van der Waals surface area contributed by atoms with Gasteiger partial charge in [0.25, 0.3) is 0 Å². The van der Waals surface area contributed by atoms with E-state index in [-0.39, 0.29) is 11.3 Å². The quantitative estimate of drug-likeness (QED) is 0.782. The number of hydrogen-bond acceptors (Lipinski definition) is 4. The Hall–Kier alpha value is -1.92. The Morgan fingerprint density at radius 2 is 1.94 bits per heavy atom. The van der Waals surface area contributed by atoms with Gasteiger partial charge in [0.1, 0.15) is 0 Å². The zero-order valence-corrected chi connectivity index (χ0v) is 8.00. The van der Waals surface area contributed by atoms with Gasteiger partial charge in [0.15, 0.2) is 11.5 Å². The number of hydrogen-bond donors (Lipinski definition) is 0. The highest BCUT2D eigenvalue weighted by molar-refractivity contribution is 5.86. The summed E-state index contributed by atoms with van der Waals surface area (Å²) in [6.07, 6.45) is -4.86. The highest BCUT2D eigenvalue weighted by Gasteiger charge is 2.32. The van der Waals surface area contributed by atoms with Gasteiger partial charge < -0.3 is 19.4 Å². The van der Waals surface area contributed by atoms with E-state index in [2.05, 4.69) is 9.47 Å². The number of aromatic carboxylic acids is 1. The fourth-order valence-electron chi connectivity index (χ4n) is 1.00. The first-order chi connectivity index (χ1) is 7.33. The molecule has 0 atom stereocenters. The normalized spacial score (nSPS) is 11.0. The van der Waals surface area contributed by atoms with Crippen molar-refractivity contribution >= 4 is 5.97 Å². The zero-order valence-electron chi connectivity index (χ0n) is 8.00. The van der Waals surface area contributed by atoms with Crippen molar-refractivity contribution < 1.29 is 32.5 Å². The largest absolute Gasteiger partial charge is 0.573 e. The van der Waals surface area contributed by atoms with Crippen LogP contribution in [-0.4, -0.2) is 19.4 Å². The van der Waals surface area contributed by atoms with Gasteiger partial charge in [0, 0.05) is 5.56 Å². The molecule has 0 radical (unpaired) electrons. The molecule has 88 valence electrons. The first-order valence-corrected chi connectivity index (χ1v) is 3.98. The molecule has 0 saturated heterocycles. The van der Waals surface area contributed by atoms with Crippen molar-refractivity contribution in [2.24, 2.45) is 0 Å². The van der Waals surface area contributed by atoms with Crippen LogP contribution in [0.25, 0.3) is 0 Å². The number of methoxy groups -OCH3 is 1. The van der Waals surface area contributed by atoms with Crippen LogP contribution >= 0.6 is 0 Å². The minimum absolute atomic E-state index is 0.300. The Kier molecular flexibility index (Phi) is 3.26. The van der Waals surface area contributed by atoms with Gasteiger partial charge in [-0.05, 0) is 18.2 Å². The summed E-state index contributed by atoms with van der Waals surface area (Å²) in [5.41, 5.74) is -0.300. The Labute approximate surface area is 88.2 Å². The molecule has 7 heteroatoms. The summed E-state index contributed by atoms with van der Waals surface area (Å²) in [5, 5.41) is 10.4. The lowest BCUT2D eigenvalue weighted by atomic mass is 10.2. The van der Waals surface area contributed by atoms with Crippen molar-refractivity contribution in [2.45, 2.75) is 6.36 Å². The van der Waals surface area contributed by atoms with Gasteiger partial charge in [-0.3, -0.25) is 0 Å². The molecule has 0 heterocycles. The maximum Gasteiger partial charge on any atom is 0.573 e. The number of rotatable bonds is 3. The second-order valence-electron chi connectivity index (χ2n) is 2.70. The van der Waals surface area contributed by atoms with Crippen LogP contribution in [0.3, 0.4) is 0 Å². The predicted molar refractivity (Wildman–Crippen MR) is 44.0 cm³/mol. The summed E-state index contributed by atoms with van der Waals surface area (Å²) in [4.78, 5) is 10.4. The molecule has 1 aromatic carbocycles. The molecule has 0 saturated carbocycles. The number of benzene rings is 1. The summed E-state index contributed by atoms with van der Waals surface area (Å²) in [6, 6.07) is 2.66. The summed E-state index contributed by atoms with van der Waals surface area (Å²) in [6.45, 7) is 0. The van der Waals surface area contributed by atoms with Crippen LogP contribution in [0.15, 0.2) is 18.2 Å². The van der Waals surface area contributed by atoms with Crippen LogP contribution in [-0.2, 0) is 0 Å². The molecule has 0 amide bonds. The number of carboxylic acids is 1. The SMILES string of the molecule is COc1cc(C(=O)[O-])ccc1OC(F)(F)F. The minimum Gasteiger partial charge on any atom is -0.545 e. The van der Waals surface area contributed by atoms with Crippen molar-refractivity contribution in [2.75, 3.05) is 7.11 Å². The molecule has 0 unspecified atom stereocenters. The fourth-order valence-corrected chi connectivity index (χ4v) is 1.00. The monoisotopic (exact) mass is 235 g/mol. The van der Waals surface area contributed by atoms with Gasteiger partial charge in [0.05, 0.1) is 13.1 Å². The summed E-state index contributed by atoms with van der Waals surface area (Å²) in [7, 11) is 1.09. The molecule has 0 aliphatic heterocycles. The molecule has 1 rings (SSSR count). The molecular formula is C9H6F3O4-. The Bertz CT molecular complexity index is 400. The van der Waals surface area contributed by atoms with Gasteiger partial charge in [-0.15, -0.1) is 13.2 Å². The summed E-state index contributed by atoms with van der Waals surface area (Å²) < 4.78 is 43.9. The number of carbonyl (C=O) groups excluding carboxylic acids is 1. The van der Waals surface area contributed by atoms with Crippen LogP contribution < -0.4 is 14.6 Å². The topological polar surface area (TPSA) is 58.6 Å². The Morgan fingerprint density at radius 3 is 2.38 bits per heavy atom. The van der Waals surface area contributed by atoms with Gasteiger partial charge in [-0.25, -0.2) is 0 Å². The molecular weight excluding hydrogens is 229 g/mol. The van der Waals surface area contributed by atoms with Gasteiger partial charge in [0.2, 0.25) is 0 Å². The first-order valence-electron chi connectivity index (χ1n) is 3.98. The molecule has 0 bridgehead atoms. The minimum atomic E-state index is -4.86. The van der Waals surface area contributed by atoms with E-state index in [1.807, 2.05) is 0 Å². The van der Waals surface area contributed by atoms with Crippen molar-refractivity contribution in [3.05, 3.63) is 23.8 Å². The van der Waals surface area contributed by atoms with Crippen LogP contribution in [0, 0.1) is 0 Å². The highest BCUT2D eigenvalue weighted by atomic mass is 19.4. The van der Waals surface area contributed by atoms with Crippen molar-refractivity contribution in [1.29, 1.82) is 0 Å². The standard InChI is InChI=1S/C9H7F3O4/c1-15-7-4-5(8(13)14)2-3-6(7)16-9(10,11)12/h2-4H,1H3,(H,13,14)/p-1. The van der Waals surface area contributed by atoms with E-state index in [0.29, 0.717) is 0 Å². The third kappa shape index (κ3) is 3.04. The Balaban J connectivity index is 3.07. The second-order valence-corrected chi connectivity index (χ2v) is 2.70. The van der Waals surface area contributed by atoms with E-state index >= 15 is 0 Å². The third-order valence-corrected chi connectivity index (χ3v) is 1.63. The second kappa shape index (κ2) is 4.30. The molecule has 0 aromatic heterocycles. The van der Waals surface area contributed by atoms with Crippen LogP contribution in [0.5, 0.6) is 11.5 Å². The number of ether oxygens (including phenoxy) is 2. The molecule has 16 heavy (non-hydrogen) atoms. The first kappa shape index (κ1) is 12.2. The highest BCUT2D eigenvalue weighted by Crippen LogP contribution is 2.32. The average Bonchev–Trinajstić information content (AvgIpc) is 2.15. The van der Waals surface area contributed by atoms with Gasteiger partial charge in [-0.1, -0.05) is 0 Å². The van der Waals surface area contributed by atoms with Crippen molar-refractivity contribution in [3.8, 4) is 11.5 Å². The predicted octanol–water partition coefficient (Wildman–Crippen LogP) is 0.957. The molecule has 0 aliphatic carbocycles. The van der Waals surface area contributed by atoms with Gasteiger partial charge >= 0.3 is 6.36 Å². The van der Waals surface area contributed by atoms with E-state index in [9.17, 15) is 23.1 Å². The Morgan fingerprint density at radius 1 is 1.31 bits per heavy atom. The summed E-state index contributed by atoms with van der Waals surface area (Å²) in [5.74, 6) is -2.46. The average molecular weight is 235 g/mol. The number of carboxylic acid groups (broad SMARTS) is 1. The molecule has 1 aromatic rings. The van der Waals surface area contributed by atoms with Crippen molar-refractivity contribution in [3.63, 3.8) is 0 Å². The number of halogens is 3. The number of alkyl halides is 3. The lowest BCUT2D eigenvalue weighted by molar-refractivity contribution is -0.275. The van der Waals surface area contributed by atoms with Crippen molar-refractivity contribution in [1.82, 2.24) is 0 Å². The lowest BCUT2D eigenvalue weighted by Crippen LogP contribution is -2.22. The maximum absolute atomic E-state index is 11.9. The molecule has 4 nitrogen and oxygen atoms in total. The van der Waals surface area contributed by atoms with E-state index in [1.54, 1.807) is 0 Å². The van der Waals surface area contributed by atoms with E-state index in [1.165, 1.54) is 0 Å². The van der Waals surface area contributed by atoms with E-state index in [0.717, 1.165) is 25.3 Å². The molecule has 0 fully saturated rings. The smallest absolute Gasteiger partial charge is 0.545 e. The molecule has 0 spiro atoms. The maximum atomic E-state index is 11.9. The van der Waals surface area contributed by atoms with Crippen LogP contribution in [0.4, 0.5) is 13.2 Å². The fraction of sp³-hybridized carbons (Fsp3) is 0.222. The molecule has 0 aliphatic rings. The third-order valence-electron chi connectivity index (χ3n) is 1.63. The number of carbonyl (C=O) groups is 1. The summed E-state index contributed by atoms with van der Waals surface area (Å²) >= 11 is 0. The zero-order chi connectivity index (χ0) is 12.3. The van der Waals surface area contributed by atoms with Crippen LogP contribution in [0.1, 0.15) is 10.4 Å². The van der Waals surface area contributed by atoms with E-state index < -0.39 is 18.1 Å². The van der Waals surface area contributed by atoms with E-state index in [4.69, 9.17) is 0 Å². The van der Waals surface area contributed by atoms with Gasteiger partial charge in [-0.2, -0.15) is 0 Å². The van der Waals surface area contributed by atoms with Crippen LogP contribution in [0.2, 0.25) is 0 Å². The lowest BCUT2D eigenvalue weighted by Gasteiger charge is -2.13.